The average Bonchev–Trinajstić information content (AvgIpc) is 3.40. The Labute approximate surface area is 187 Å². The van der Waals surface area contributed by atoms with Gasteiger partial charge in [-0.15, -0.1) is 0 Å². The third-order valence-corrected chi connectivity index (χ3v) is 6.51. The first-order chi connectivity index (χ1) is 15.7. The number of hydrogen-bond donors (Lipinski definition) is 1. The first kappa shape index (κ1) is 21.4. The molecular weight excluding hydrogens is 435 g/mol. The Morgan fingerprint density at radius 3 is 2.42 bits per heavy atom. The number of fused-ring (bicyclic) bond motifs is 2. The molecular formula is C24H22F3N3O3. The maximum atomic E-state index is 12.8. The molecule has 172 valence electrons. The molecule has 0 spiro atoms. The van der Waals surface area contributed by atoms with Crippen LogP contribution in [0.3, 0.4) is 0 Å². The number of imidazole rings is 1. The van der Waals surface area contributed by atoms with Crippen LogP contribution in [0, 0.1) is 0 Å². The monoisotopic (exact) mass is 457 g/mol. The fourth-order valence-corrected chi connectivity index (χ4v) is 4.98. The predicted molar refractivity (Wildman–Crippen MR) is 115 cm³/mol. The molecule has 0 fully saturated rings. The van der Waals surface area contributed by atoms with Gasteiger partial charge >= 0.3 is 11.9 Å². The lowest BCUT2D eigenvalue weighted by Crippen LogP contribution is -2.34. The number of aryl methyl sites for hydroxylation is 1. The molecule has 2 aliphatic rings. The Morgan fingerprint density at radius 2 is 1.76 bits per heavy atom. The van der Waals surface area contributed by atoms with E-state index >= 15 is 0 Å². The smallest absolute Gasteiger partial charge is 0.406 e. The van der Waals surface area contributed by atoms with Crippen LogP contribution in [-0.2, 0) is 19.5 Å². The molecule has 1 unspecified atom stereocenters. The van der Waals surface area contributed by atoms with Gasteiger partial charge in [-0.2, -0.15) is 13.2 Å². The van der Waals surface area contributed by atoms with E-state index in [1.807, 2.05) is 18.2 Å². The van der Waals surface area contributed by atoms with Crippen LogP contribution in [0.25, 0.3) is 11.1 Å². The van der Waals surface area contributed by atoms with Gasteiger partial charge in [-0.05, 0) is 59.7 Å². The summed E-state index contributed by atoms with van der Waals surface area (Å²) in [7, 11) is 0. The number of benzene rings is 2. The lowest BCUT2D eigenvalue weighted by atomic mass is 9.97. The maximum absolute atomic E-state index is 12.8. The fourth-order valence-electron chi connectivity index (χ4n) is 4.98. The molecule has 1 atom stereocenters. The number of alkyl halides is 3. The molecule has 1 aromatic heterocycles. The standard InChI is InChI=1S/C24H22F3N3O3/c1-2-29-21(31)12-30(23(29)33)20-8-5-16-9-14(3-6-18(16)20)15-4-7-19-17(10-15)11-28(22(19)32)13-24(25,26)27/h3-4,6-7,9-10,12,20,31H,2,5,8,11,13H2,1H3. The van der Waals surface area contributed by atoms with Crippen LogP contribution in [0.1, 0.15) is 46.4 Å². The molecule has 0 radical (unpaired) electrons. The third kappa shape index (κ3) is 3.61. The molecule has 2 aromatic carbocycles. The topological polar surface area (TPSA) is 67.5 Å². The van der Waals surface area contributed by atoms with E-state index in [0.717, 1.165) is 40.0 Å². The zero-order valence-corrected chi connectivity index (χ0v) is 17.9. The number of aromatic nitrogens is 2. The van der Waals surface area contributed by atoms with Crippen LogP contribution >= 0.6 is 0 Å². The van der Waals surface area contributed by atoms with Gasteiger partial charge < -0.3 is 10.0 Å². The second-order valence-electron chi connectivity index (χ2n) is 8.54. The van der Waals surface area contributed by atoms with E-state index in [2.05, 4.69) is 0 Å². The van der Waals surface area contributed by atoms with Gasteiger partial charge in [0.2, 0.25) is 5.88 Å². The van der Waals surface area contributed by atoms with Gasteiger partial charge in [0.25, 0.3) is 5.91 Å². The van der Waals surface area contributed by atoms with E-state index in [4.69, 9.17) is 0 Å². The average molecular weight is 457 g/mol. The van der Waals surface area contributed by atoms with Crippen molar-refractivity contribution in [3.63, 3.8) is 0 Å². The molecule has 3 aromatic rings. The summed E-state index contributed by atoms with van der Waals surface area (Å²) >= 11 is 0. The van der Waals surface area contributed by atoms with Crippen LogP contribution in [0.4, 0.5) is 13.2 Å². The van der Waals surface area contributed by atoms with Crippen LogP contribution < -0.4 is 5.69 Å². The van der Waals surface area contributed by atoms with Gasteiger partial charge in [0.1, 0.15) is 6.54 Å². The number of nitrogens with zero attached hydrogens (tertiary/aromatic N) is 3. The number of aromatic hydroxyl groups is 1. The molecule has 6 nitrogen and oxygen atoms in total. The summed E-state index contributed by atoms with van der Waals surface area (Å²) in [5.41, 5.74) is 4.48. The number of rotatable bonds is 4. The highest BCUT2D eigenvalue weighted by atomic mass is 19.4. The third-order valence-electron chi connectivity index (χ3n) is 6.51. The molecule has 1 aliphatic carbocycles. The van der Waals surface area contributed by atoms with Crippen LogP contribution in [-0.4, -0.2) is 37.8 Å². The van der Waals surface area contributed by atoms with E-state index < -0.39 is 18.6 Å². The summed E-state index contributed by atoms with van der Waals surface area (Å²) in [6.07, 6.45) is -1.46. The molecule has 1 amide bonds. The highest BCUT2D eigenvalue weighted by Crippen LogP contribution is 2.37. The van der Waals surface area contributed by atoms with Crippen molar-refractivity contribution in [3.05, 3.63) is 75.3 Å². The Balaban J connectivity index is 1.43. The van der Waals surface area contributed by atoms with Crippen molar-refractivity contribution in [2.45, 2.75) is 45.1 Å². The van der Waals surface area contributed by atoms with Crippen molar-refractivity contribution in [2.75, 3.05) is 6.54 Å². The van der Waals surface area contributed by atoms with E-state index in [1.54, 1.807) is 29.7 Å². The molecule has 5 rings (SSSR count). The lowest BCUT2D eigenvalue weighted by molar-refractivity contribution is -0.140. The zero-order valence-electron chi connectivity index (χ0n) is 17.9. The number of carbonyl (C=O) groups excluding carboxylic acids is 1. The molecule has 1 aliphatic heterocycles. The number of amides is 1. The van der Waals surface area contributed by atoms with Gasteiger partial charge in [0.15, 0.2) is 0 Å². The van der Waals surface area contributed by atoms with Crippen molar-refractivity contribution in [3.8, 4) is 17.0 Å². The van der Waals surface area contributed by atoms with Gasteiger partial charge in [0, 0.05) is 18.7 Å². The van der Waals surface area contributed by atoms with Gasteiger partial charge in [-0.1, -0.05) is 24.3 Å². The van der Waals surface area contributed by atoms with Crippen molar-refractivity contribution in [2.24, 2.45) is 0 Å². The van der Waals surface area contributed by atoms with Crippen molar-refractivity contribution >= 4 is 5.91 Å². The summed E-state index contributed by atoms with van der Waals surface area (Å²) in [6, 6.07) is 10.9. The number of carbonyl (C=O) groups is 1. The molecule has 1 N–H and O–H groups in total. The molecule has 0 saturated heterocycles. The SMILES string of the molecule is CCn1c(O)cn(C2CCc3cc(-c4ccc5c(c4)CN(CC(F)(F)F)C5=O)ccc32)c1=O. The number of halogens is 3. The second-order valence-corrected chi connectivity index (χ2v) is 8.54. The Kier molecular flexibility index (Phi) is 4.88. The predicted octanol–water partition coefficient (Wildman–Crippen LogP) is 4.10. The second kappa shape index (κ2) is 7.54. The molecule has 9 heteroatoms. The van der Waals surface area contributed by atoms with Crippen molar-refractivity contribution in [1.29, 1.82) is 0 Å². The van der Waals surface area contributed by atoms with Crippen molar-refractivity contribution < 1.29 is 23.1 Å². The van der Waals surface area contributed by atoms with E-state index in [-0.39, 0.29) is 24.2 Å². The summed E-state index contributed by atoms with van der Waals surface area (Å²) in [6.45, 7) is 0.865. The highest BCUT2D eigenvalue weighted by Gasteiger charge is 2.37. The maximum Gasteiger partial charge on any atom is 0.406 e. The van der Waals surface area contributed by atoms with Crippen LogP contribution in [0.5, 0.6) is 5.88 Å². The lowest BCUT2D eigenvalue weighted by Gasteiger charge is -2.17. The molecule has 33 heavy (non-hydrogen) atoms. The van der Waals surface area contributed by atoms with Gasteiger partial charge in [-0.3, -0.25) is 13.9 Å². The van der Waals surface area contributed by atoms with Crippen molar-refractivity contribution in [1.82, 2.24) is 14.0 Å². The molecule has 0 saturated carbocycles. The zero-order chi connectivity index (χ0) is 23.5. The first-order valence-corrected chi connectivity index (χ1v) is 10.8. The Bertz CT molecular complexity index is 1320. The van der Waals surface area contributed by atoms with Crippen LogP contribution in [0.15, 0.2) is 47.4 Å². The summed E-state index contributed by atoms with van der Waals surface area (Å²) in [5, 5.41) is 10.0. The first-order valence-electron chi connectivity index (χ1n) is 10.8. The quantitative estimate of drug-likeness (QED) is 0.642. The molecule has 2 heterocycles. The largest absolute Gasteiger partial charge is 0.493 e. The summed E-state index contributed by atoms with van der Waals surface area (Å²) < 4.78 is 41.2. The highest BCUT2D eigenvalue weighted by molar-refractivity contribution is 5.99. The Morgan fingerprint density at radius 1 is 1.06 bits per heavy atom. The minimum Gasteiger partial charge on any atom is -0.493 e. The van der Waals surface area contributed by atoms with E-state index in [9.17, 15) is 27.9 Å². The Hall–Kier alpha value is -3.49. The summed E-state index contributed by atoms with van der Waals surface area (Å²) in [4.78, 5) is 25.7. The minimum absolute atomic E-state index is 0.0557. The fraction of sp³-hybridized carbons (Fsp3) is 0.333. The minimum atomic E-state index is -4.44. The molecule has 0 bridgehead atoms. The van der Waals surface area contributed by atoms with Gasteiger partial charge in [-0.25, -0.2) is 4.79 Å². The normalized spacial score (nSPS) is 17.5. The number of hydrogen-bond acceptors (Lipinski definition) is 3. The van der Waals surface area contributed by atoms with E-state index in [1.165, 1.54) is 10.8 Å². The van der Waals surface area contributed by atoms with Gasteiger partial charge in [0.05, 0.1) is 12.2 Å². The summed E-state index contributed by atoms with van der Waals surface area (Å²) in [5.74, 6) is -0.654. The van der Waals surface area contributed by atoms with E-state index in [0.29, 0.717) is 17.7 Å². The van der Waals surface area contributed by atoms with Crippen LogP contribution in [0.2, 0.25) is 0 Å².